The molecule has 1 aromatic rings. The van der Waals surface area contributed by atoms with Crippen molar-refractivity contribution < 1.29 is 17.9 Å². The van der Waals surface area contributed by atoms with Crippen molar-refractivity contribution >= 4 is 11.6 Å². The smallest absolute Gasteiger partial charge is 0.240 e. The minimum absolute atomic E-state index is 0.0241. The summed E-state index contributed by atoms with van der Waals surface area (Å²) in [5, 5.41) is 3.29. The van der Waals surface area contributed by atoms with E-state index in [4.69, 9.17) is 16.3 Å². The van der Waals surface area contributed by atoms with E-state index < -0.39 is 18.3 Å². The molecule has 0 aromatic heterocycles. The highest BCUT2D eigenvalue weighted by Gasteiger charge is 2.27. The van der Waals surface area contributed by atoms with Gasteiger partial charge in [0.25, 0.3) is 0 Å². The molecule has 1 saturated heterocycles. The van der Waals surface area contributed by atoms with Gasteiger partial charge in [0, 0.05) is 38.6 Å². The Bertz CT molecular complexity index is 473. The van der Waals surface area contributed by atoms with E-state index in [0.29, 0.717) is 18.7 Å². The number of nitrogens with zero attached hydrogens (tertiary/aromatic N) is 1. The first-order valence-corrected chi connectivity index (χ1v) is 7.75. The van der Waals surface area contributed by atoms with Crippen LogP contribution in [0, 0.1) is 5.82 Å². The molecule has 124 valence electrons. The highest BCUT2D eigenvalue weighted by atomic mass is 35.5. The molecule has 0 radical (unpaired) electrons. The lowest BCUT2D eigenvalue weighted by atomic mass is 10.0. The third-order valence-corrected chi connectivity index (χ3v) is 3.97. The fraction of sp³-hybridized carbons (Fsp3) is 0.600. The van der Waals surface area contributed by atoms with Crippen molar-refractivity contribution in [3.63, 3.8) is 0 Å². The molecule has 0 saturated carbocycles. The van der Waals surface area contributed by atoms with Crippen LogP contribution < -0.4 is 10.1 Å². The number of benzene rings is 1. The molecule has 1 fully saturated rings. The molecule has 0 aliphatic carbocycles. The summed E-state index contributed by atoms with van der Waals surface area (Å²) in [4.78, 5) is 1.94. The van der Waals surface area contributed by atoms with Crippen LogP contribution in [0.15, 0.2) is 12.1 Å². The lowest BCUT2D eigenvalue weighted by molar-refractivity contribution is 0.0737. The Kier molecular flexibility index (Phi) is 6.35. The van der Waals surface area contributed by atoms with E-state index in [1.807, 2.05) is 4.90 Å². The summed E-state index contributed by atoms with van der Waals surface area (Å²) in [6.07, 6.45) is -2.81. The molecular formula is C15H20ClF3N2O. The maximum atomic E-state index is 14.1. The fourth-order valence-corrected chi connectivity index (χ4v) is 2.98. The first-order valence-electron chi connectivity index (χ1n) is 7.37. The van der Waals surface area contributed by atoms with Crippen LogP contribution in [-0.2, 0) is 0 Å². The molecule has 1 heterocycles. The predicted octanol–water partition coefficient (Wildman–Crippen LogP) is 3.48. The number of hydrogen-bond acceptors (Lipinski definition) is 3. The molecule has 22 heavy (non-hydrogen) atoms. The maximum absolute atomic E-state index is 14.1. The van der Waals surface area contributed by atoms with E-state index in [2.05, 4.69) is 5.32 Å². The van der Waals surface area contributed by atoms with Gasteiger partial charge >= 0.3 is 0 Å². The Labute approximate surface area is 133 Å². The summed E-state index contributed by atoms with van der Waals surface area (Å²) < 4.78 is 45.2. The number of rotatable bonds is 6. The summed E-state index contributed by atoms with van der Waals surface area (Å²) in [5.41, 5.74) is 0.466. The van der Waals surface area contributed by atoms with E-state index in [1.165, 1.54) is 12.1 Å². The number of hydrogen-bond donors (Lipinski definition) is 1. The third kappa shape index (κ3) is 4.27. The molecule has 1 aromatic carbocycles. The predicted molar refractivity (Wildman–Crippen MR) is 80.4 cm³/mol. The van der Waals surface area contributed by atoms with E-state index in [0.717, 1.165) is 13.1 Å². The van der Waals surface area contributed by atoms with Gasteiger partial charge in [-0.3, -0.25) is 4.90 Å². The Morgan fingerprint density at radius 1 is 1.32 bits per heavy atom. The number of nitrogens with one attached hydrogen (secondary N) is 1. The molecular weight excluding hydrogens is 317 g/mol. The standard InChI is InChI=1S/C15H20ClF3N2O/c1-2-22-15-11(16)7-10(8-12(15)17)13(9-14(18)19)21-5-3-20-4-6-21/h7-8,13-14,20H,2-6,9H2,1H3/t13-/m1/s1. The summed E-state index contributed by atoms with van der Waals surface area (Å²) in [6.45, 7) is 4.76. The van der Waals surface area contributed by atoms with Gasteiger partial charge in [-0.1, -0.05) is 11.6 Å². The molecule has 1 aliphatic rings. The second-order valence-corrected chi connectivity index (χ2v) is 5.58. The van der Waals surface area contributed by atoms with Crippen LogP contribution in [-0.4, -0.2) is 44.1 Å². The van der Waals surface area contributed by atoms with Gasteiger partial charge in [0.1, 0.15) is 0 Å². The van der Waals surface area contributed by atoms with Crippen molar-refractivity contribution in [3.05, 3.63) is 28.5 Å². The van der Waals surface area contributed by atoms with E-state index in [-0.39, 0.29) is 23.8 Å². The normalized spacial score (nSPS) is 17.7. The van der Waals surface area contributed by atoms with Crippen LogP contribution in [0.3, 0.4) is 0 Å². The minimum atomic E-state index is -2.46. The van der Waals surface area contributed by atoms with Crippen molar-refractivity contribution in [3.8, 4) is 5.75 Å². The number of piperazine rings is 1. The van der Waals surface area contributed by atoms with Gasteiger partial charge < -0.3 is 10.1 Å². The zero-order chi connectivity index (χ0) is 16.1. The average Bonchev–Trinajstić information content (AvgIpc) is 2.49. The lowest BCUT2D eigenvalue weighted by Gasteiger charge is -2.35. The SMILES string of the molecule is CCOc1c(F)cc([C@@H](CC(F)F)N2CCNCC2)cc1Cl. The van der Waals surface area contributed by atoms with Gasteiger partial charge in [-0.25, -0.2) is 13.2 Å². The maximum Gasteiger partial charge on any atom is 0.240 e. The third-order valence-electron chi connectivity index (χ3n) is 3.69. The minimum Gasteiger partial charge on any atom is -0.489 e. The molecule has 1 N–H and O–H groups in total. The van der Waals surface area contributed by atoms with E-state index in [9.17, 15) is 13.2 Å². The average molecular weight is 337 g/mol. The largest absolute Gasteiger partial charge is 0.489 e. The summed E-state index contributed by atoms with van der Waals surface area (Å²) in [7, 11) is 0. The lowest BCUT2D eigenvalue weighted by Crippen LogP contribution is -2.45. The van der Waals surface area contributed by atoms with Crippen LogP contribution in [0.4, 0.5) is 13.2 Å². The Hall–Kier alpha value is -0.980. The summed E-state index contributed by atoms with van der Waals surface area (Å²) >= 11 is 6.05. The van der Waals surface area contributed by atoms with Gasteiger partial charge in [-0.15, -0.1) is 0 Å². The van der Waals surface area contributed by atoms with Crippen LogP contribution in [0.25, 0.3) is 0 Å². The van der Waals surface area contributed by atoms with Gasteiger partial charge in [-0.05, 0) is 24.6 Å². The molecule has 2 rings (SSSR count). The Balaban J connectivity index is 2.30. The van der Waals surface area contributed by atoms with Crippen molar-refractivity contribution in [1.29, 1.82) is 0 Å². The highest BCUT2D eigenvalue weighted by molar-refractivity contribution is 6.32. The van der Waals surface area contributed by atoms with Crippen LogP contribution in [0.5, 0.6) is 5.75 Å². The number of halogens is 4. The van der Waals surface area contributed by atoms with Crippen molar-refractivity contribution in [2.45, 2.75) is 25.8 Å². The van der Waals surface area contributed by atoms with Crippen molar-refractivity contribution in [2.75, 3.05) is 32.8 Å². The fourth-order valence-electron chi connectivity index (χ4n) is 2.71. The molecule has 3 nitrogen and oxygen atoms in total. The van der Waals surface area contributed by atoms with Crippen molar-refractivity contribution in [2.24, 2.45) is 0 Å². The van der Waals surface area contributed by atoms with Gasteiger partial charge in [0.15, 0.2) is 11.6 Å². The van der Waals surface area contributed by atoms with Crippen LogP contribution >= 0.6 is 11.6 Å². The molecule has 0 spiro atoms. The zero-order valence-corrected chi connectivity index (χ0v) is 13.2. The monoisotopic (exact) mass is 336 g/mol. The highest BCUT2D eigenvalue weighted by Crippen LogP contribution is 2.35. The van der Waals surface area contributed by atoms with Gasteiger partial charge in [0.05, 0.1) is 11.6 Å². The molecule has 7 heteroatoms. The van der Waals surface area contributed by atoms with Crippen LogP contribution in [0.1, 0.15) is 24.9 Å². The first-order chi connectivity index (χ1) is 10.5. The number of ether oxygens (including phenoxy) is 1. The summed E-state index contributed by atoms with van der Waals surface area (Å²) in [5.74, 6) is -0.636. The zero-order valence-electron chi connectivity index (χ0n) is 12.4. The molecule has 0 unspecified atom stereocenters. The molecule has 0 bridgehead atoms. The van der Waals surface area contributed by atoms with Gasteiger partial charge in [0.2, 0.25) is 6.43 Å². The second kappa shape index (κ2) is 8.04. The summed E-state index contributed by atoms with van der Waals surface area (Å²) in [6, 6.07) is 2.24. The van der Waals surface area contributed by atoms with Crippen LogP contribution in [0.2, 0.25) is 5.02 Å². The van der Waals surface area contributed by atoms with E-state index in [1.54, 1.807) is 6.92 Å². The molecule has 1 aliphatic heterocycles. The second-order valence-electron chi connectivity index (χ2n) is 5.18. The topological polar surface area (TPSA) is 24.5 Å². The molecule has 1 atom stereocenters. The first kappa shape index (κ1) is 17.4. The quantitative estimate of drug-likeness (QED) is 0.860. The Morgan fingerprint density at radius 2 is 2.00 bits per heavy atom. The molecule has 0 amide bonds. The Morgan fingerprint density at radius 3 is 2.55 bits per heavy atom. The van der Waals surface area contributed by atoms with Crippen molar-refractivity contribution in [1.82, 2.24) is 10.2 Å². The number of alkyl halides is 2. The van der Waals surface area contributed by atoms with Gasteiger partial charge in [-0.2, -0.15) is 0 Å². The van der Waals surface area contributed by atoms with E-state index >= 15 is 0 Å².